The maximum atomic E-state index is 13.5. The van der Waals surface area contributed by atoms with Crippen LogP contribution in [0.4, 0.5) is 19.0 Å². The highest BCUT2D eigenvalue weighted by Gasteiger charge is 2.37. The normalized spacial score (nSPS) is 12.7. The molecule has 11 heteroatoms. The molecule has 7 nitrogen and oxygen atoms in total. The molecule has 0 spiro atoms. The van der Waals surface area contributed by atoms with Crippen molar-refractivity contribution in [1.29, 1.82) is 0 Å². The van der Waals surface area contributed by atoms with Crippen molar-refractivity contribution >= 4 is 26.7 Å². The van der Waals surface area contributed by atoms with Gasteiger partial charge >= 0.3 is 6.18 Å². The Balaban J connectivity index is 1.38. The zero-order valence-corrected chi connectivity index (χ0v) is 22.6. The molecule has 0 fully saturated rings. The van der Waals surface area contributed by atoms with Crippen LogP contribution in [0.5, 0.6) is 0 Å². The van der Waals surface area contributed by atoms with Crippen LogP contribution < -0.4 is 4.72 Å². The molecule has 6 aromatic rings. The van der Waals surface area contributed by atoms with E-state index in [0.29, 0.717) is 5.56 Å². The van der Waals surface area contributed by atoms with Crippen LogP contribution in [0, 0.1) is 0 Å². The molecule has 3 aromatic heterocycles. The van der Waals surface area contributed by atoms with E-state index in [-0.39, 0.29) is 17.6 Å². The number of nitrogens with zero attached hydrogens (tertiary/aromatic N) is 4. The van der Waals surface area contributed by atoms with E-state index < -0.39 is 26.7 Å². The summed E-state index contributed by atoms with van der Waals surface area (Å²) >= 11 is 0. The number of sulfonamides is 1. The van der Waals surface area contributed by atoms with Gasteiger partial charge in [0.05, 0.1) is 16.2 Å². The lowest BCUT2D eigenvalue weighted by Crippen LogP contribution is -2.20. The second-order valence-corrected chi connectivity index (χ2v) is 11.1. The number of para-hydroxylation sites is 1. The number of anilines is 1. The number of hydrogen-bond acceptors (Lipinski definition) is 5. The van der Waals surface area contributed by atoms with Crippen molar-refractivity contribution in [3.8, 4) is 11.3 Å². The number of aromatic nitrogens is 4. The number of benzene rings is 3. The quantitative estimate of drug-likeness (QED) is 0.219. The number of hydrogen-bond donors (Lipinski definition) is 1. The van der Waals surface area contributed by atoms with Crippen molar-refractivity contribution in [1.82, 2.24) is 19.5 Å². The average molecular weight is 586 g/mol. The molecule has 3 aromatic carbocycles. The zero-order chi connectivity index (χ0) is 29.3. The monoisotopic (exact) mass is 585 g/mol. The summed E-state index contributed by atoms with van der Waals surface area (Å²) in [4.78, 5) is 12.1. The molecule has 0 bridgehead atoms. The van der Waals surface area contributed by atoms with E-state index in [1.54, 1.807) is 18.3 Å². The average Bonchev–Trinajstić information content (AvgIpc) is 3.42. The molecule has 0 aliphatic heterocycles. The molecule has 0 amide bonds. The summed E-state index contributed by atoms with van der Waals surface area (Å²) in [6, 6.07) is 26.8. The molecule has 0 aliphatic rings. The first-order valence-electron chi connectivity index (χ1n) is 12.8. The summed E-state index contributed by atoms with van der Waals surface area (Å²) in [5.74, 6) is -0.195. The summed E-state index contributed by atoms with van der Waals surface area (Å²) in [6.07, 6.45) is 1.53. The van der Waals surface area contributed by atoms with Crippen molar-refractivity contribution in [3.63, 3.8) is 0 Å². The third kappa shape index (κ3) is 5.21. The van der Waals surface area contributed by atoms with E-state index in [9.17, 15) is 21.6 Å². The Labute approximate surface area is 239 Å². The van der Waals surface area contributed by atoms with Crippen LogP contribution in [0.25, 0.3) is 22.2 Å². The maximum Gasteiger partial charge on any atom is 0.417 e. The number of rotatable bonds is 7. The van der Waals surface area contributed by atoms with Crippen LogP contribution in [0.3, 0.4) is 0 Å². The minimum absolute atomic E-state index is 0.165. The molecule has 210 valence electrons. The highest BCUT2D eigenvalue weighted by molar-refractivity contribution is 7.92. The first-order valence-corrected chi connectivity index (χ1v) is 14.3. The second-order valence-electron chi connectivity index (χ2n) is 9.41. The highest BCUT2D eigenvalue weighted by Crippen LogP contribution is 2.36. The third-order valence-electron chi connectivity index (χ3n) is 6.79. The van der Waals surface area contributed by atoms with E-state index in [4.69, 9.17) is 0 Å². The minimum Gasteiger partial charge on any atom is -0.334 e. The summed E-state index contributed by atoms with van der Waals surface area (Å²) < 4.78 is 71.2. The predicted molar refractivity (Wildman–Crippen MR) is 153 cm³/mol. The van der Waals surface area contributed by atoms with Gasteiger partial charge in [-0.15, -0.1) is 0 Å². The van der Waals surface area contributed by atoms with E-state index in [1.807, 2.05) is 66.9 Å². The van der Waals surface area contributed by atoms with Gasteiger partial charge in [0.2, 0.25) is 0 Å². The molecule has 0 radical (unpaired) electrons. The molecule has 6 rings (SSSR count). The Morgan fingerprint density at radius 1 is 0.738 bits per heavy atom. The lowest BCUT2D eigenvalue weighted by Gasteiger charge is -2.21. The zero-order valence-electron chi connectivity index (χ0n) is 21.8. The molecular weight excluding hydrogens is 563 g/mol. The topological polar surface area (TPSA) is 89.8 Å². The van der Waals surface area contributed by atoms with Gasteiger partial charge < -0.3 is 4.57 Å². The Bertz CT molecular complexity index is 1980. The van der Waals surface area contributed by atoms with Gasteiger partial charge in [-0.3, -0.25) is 14.7 Å². The SMILES string of the molecule is O=S(=O)(Nc1nccnc1-c1ccc(C(c2ccccn2)n2ccc3ccccc32)cc1)c1ccccc1C(F)(F)F. The molecule has 42 heavy (non-hydrogen) atoms. The van der Waals surface area contributed by atoms with Gasteiger partial charge in [0.1, 0.15) is 11.7 Å². The summed E-state index contributed by atoms with van der Waals surface area (Å²) in [7, 11) is -4.65. The van der Waals surface area contributed by atoms with Gasteiger partial charge in [-0.05, 0) is 47.3 Å². The van der Waals surface area contributed by atoms with Gasteiger partial charge in [-0.25, -0.2) is 13.4 Å². The van der Waals surface area contributed by atoms with Crippen LogP contribution in [-0.4, -0.2) is 27.9 Å². The molecule has 0 aliphatic carbocycles. The van der Waals surface area contributed by atoms with Gasteiger partial charge in [0.25, 0.3) is 10.0 Å². The van der Waals surface area contributed by atoms with Crippen molar-refractivity contribution < 1.29 is 21.6 Å². The van der Waals surface area contributed by atoms with Gasteiger partial charge in [-0.2, -0.15) is 13.2 Å². The number of alkyl halides is 3. The van der Waals surface area contributed by atoms with Crippen LogP contribution in [0.2, 0.25) is 0 Å². The lowest BCUT2D eigenvalue weighted by molar-refractivity contribution is -0.139. The Kier molecular flexibility index (Phi) is 6.95. The lowest BCUT2D eigenvalue weighted by atomic mass is 10.00. The number of fused-ring (bicyclic) bond motifs is 1. The molecule has 1 atom stereocenters. The van der Waals surface area contributed by atoms with E-state index in [1.165, 1.54) is 18.5 Å². The second kappa shape index (κ2) is 10.7. The van der Waals surface area contributed by atoms with Crippen LogP contribution in [0.15, 0.2) is 127 Å². The summed E-state index contributed by atoms with van der Waals surface area (Å²) in [6.45, 7) is 0. The van der Waals surface area contributed by atoms with Crippen molar-refractivity contribution in [2.45, 2.75) is 17.1 Å². The smallest absolute Gasteiger partial charge is 0.334 e. The summed E-state index contributed by atoms with van der Waals surface area (Å²) in [5, 5.41) is 1.08. The number of pyridine rings is 1. The molecule has 3 heterocycles. The number of nitrogens with one attached hydrogen (secondary N) is 1. The van der Waals surface area contributed by atoms with Crippen LogP contribution >= 0.6 is 0 Å². The fourth-order valence-corrected chi connectivity index (χ4v) is 6.15. The molecule has 1 N–H and O–H groups in total. The van der Waals surface area contributed by atoms with Crippen molar-refractivity contribution in [3.05, 3.63) is 139 Å². The number of halogens is 3. The first kappa shape index (κ1) is 27.2. The maximum absolute atomic E-state index is 13.5. The minimum atomic E-state index is -4.86. The van der Waals surface area contributed by atoms with Gasteiger partial charge in [0, 0.05) is 35.9 Å². The third-order valence-corrected chi connectivity index (χ3v) is 8.18. The fourth-order valence-electron chi connectivity index (χ4n) is 4.91. The van der Waals surface area contributed by atoms with Gasteiger partial charge in [-0.1, -0.05) is 60.7 Å². The largest absolute Gasteiger partial charge is 0.417 e. The van der Waals surface area contributed by atoms with Crippen molar-refractivity contribution in [2.24, 2.45) is 0 Å². The first-order chi connectivity index (χ1) is 20.2. The van der Waals surface area contributed by atoms with E-state index in [0.717, 1.165) is 40.4 Å². The predicted octanol–water partition coefficient (Wildman–Crippen LogP) is 6.95. The Morgan fingerprint density at radius 3 is 2.21 bits per heavy atom. The Morgan fingerprint density at radius 2 is 1.45 bits per heavy atom. The van der Waals surface area contributed by atoms with E-state index in [2.05, 4.69) is 24.2 Å². The molecule has 0 saturated carbocycles. The van der Waals surface area contributed by atoms with Crippen molar-refractivity contribution in [2.75, 3.05) is 4.72 Å². The molecular formula is C31H22F3N5O2S. The fraction of sp³-hybridized carbons (Fsp3) is 0.0645. The van der Waals surface area contributed by atoms with Crippen LogP contribution in [0.1, 0.15) is 22.9 Å². The molecule has 1 unspecified atom stereocenters. The highest BCUT2D eigenvalue weighted by atomic mass is 32.2. The van der Waals surface area contributed by atoms with E-state index >= 15 is 0 Å². The summed E-state index contributed by atoms with van der Waals surface area (Å²) in [5.41, 5.74) is 2.17. The van der Waals surface area contributed by atoms with Gasteiger partial charge in [0.15, 0.2) is 5.82 Å². The Hall–Kier alpha value is -5.03. The molecule has 0 saturated heterocycles. The standard InChI is InChI=1S/C31H22F3N5O2S/c32-31(33,34)24-8-2-4-11-27(24)42(40,41)38-30-28(36-18-19-37-30)22-12-14-23(15-13-22)29(25-9-5-6-17-35-25)39-20-16-21-7-1-3-10-26(21)39/h1-20,29H,(H,37,38). The van der Waals surface area contributed by atoms with Crippen LogP contribution in [-0.2, 0) is 16.2 Å².